The number of nitrogens with zero attached hydrogens (tertiary/aromatic N) is 6. The molecule has 0 aliphatic rings. The zero-order valence-corrected chi connectivity index (χ0v) is 14.9. The first-order valence-electron chi connectivity index (χ1n) is 7.93. The molecule has 1 N–H and O–H groups in total. The third-order valence-corrected chi connectivity index (χ3v) is 4.64. The first kappa shape index (κ1) is 15.6. The van der Waals surface area contributed by atoms with E-state index in [1.54, 1.807) is 16.2 Å². The van der Waals surface area contributed by atoms with Gasteiger partial charge in [0.05, 0.1) is 23.6 Å². The van der Waals surface area contributed by atoms with E-state index in [2.05, 4.69) is 30.4 Å². The number of hydrogen-bond donors (Lipinski definition) is 1. The highest BCUT2D eigenvalue weighted by molar-refractivity contribution is 7.14. The molecule has 0 aliphatic heterocycles. The van der Waals surface area contributed by atoms with E-state index in [-0.39, 0.29) is 6.04 Å². The molecule has 7 nitrogen and oxygen atoms in total. The van der Waals surface area contributed by atoms with Crippen molar-refractivity contribution in [2.75, 3.05) is 5.32 Å². The number of anilines is 1. The summed E-state index contributed by atoms with van der Waals surface area (Å²) in [6.07, 6.45) is 3.67. The van der Waals surface area contributed by atoms with Crippen molar-refractivity contribution in [3.05, 3.63) is 53.2 Å². The highest BCUT2D eigenvalue weighted by atomic mass is 32.1. The molecule has 0 fully saturated rings. The SMILES string of the molecule is Cc1ccc(-c2ccnc(N[C@@H](C)c3cn4ncsc4n3)n2)c(C)n1. The van der Waals surface area contributed by atoms with E-state index < -0.39 is 0 Å². The molecule has 0 radical (unpaired) electrons. The molecule has 0 aromatic carbocycles. The van der Waals surface area contributed by atoms with Crippen LogP contribution in [0.4, 0.5) is 5.95 Å². The summed E-state index contributed by atoms with van der Waals surface area (Å²) in [4.78, 5) is 18.9. The third kappa shape index (κ3) is 3.08. The van der Waals surface area contributed by atoms with E-state index in [1.165, 1.54) is 11.3 Å². The highest BCUT2D eigenvalue weighted by Crippen LogP contribution is 2.23. The molecule has 0 aliphatic carbocycles. The number of imidazole rings is 1. The van der Waals surface area contributed by atoms with Gasteiger partial charge in [-0.3, -0.25) is 4.98 Å². The number of pyridine rings is 1. The Balaban J connectivity index is 1.59. The van der Waals surface area contributed by atoms with Crippen LogP contribution >= 0.6 is 11.3 Å². The third-order valence-electron chi connectivity index (χ3n) is 3.95. The summed E-state index contributed by atoms with van der Waals surface area (Å²) in [6.45, 7) is 6.00. The summed E-state index contributed by atoms with van der Waals surface area (Å²) >= 11 is 1.51. The normalized spacial score (nSPS) is 12.4. The van der Waals surface area contributed by atoms with Crippen LogP contribution < -0.4 is 5.32 Å². The van der Waals surface area contributed by atoms with Crippen LogP contribution in [-0.4, -0.2) is 29.5 Å². The van der Waals surface area contributed by atoms with E-state index >= 15 is 0 Å². The minimum absolute atomic E-state index is 0.0265. The zero-order valence-electron chi connectivity index (χ0n) is 14.1. The van der Waals surface area contributed by atoms with Crippen molar-refractivity contribution in [1.82, 2.24) is 29.5 Å². The lowest BCUT2D eigenvalue weighted by Gasteiger charge is -2.12. The number of aryl methyl sites for hydroxylation is 2. The fourth-order valence-electron chi connectivity index (χ4n) is 2.67. The van der Waals surface area contributed by atoms with Crippen LogP contribution in [-0.2, 0) is 0 Å². The smallest absolute Gasteiger partial charge is 0.223 e. The summed E-state index contributed by atoms with van der Waals surface area (Å²) in [6, 6.07) is 5.90. The maximum atomic E-state index is 4.63. The average Bonchev–Trinajstić information content (AvgIpc) is 3.16. The molecule has 0 saturated heterocycles. The molecular weight excluding hydrogens is 334 g/mol. The standard InChI is InChI=1S/C17H17N7S/c1-10-4-5-13(11(2)20-10)14-6-7-18-16(22-14)21-12(3)15-8-24-17(23-15)25-9-19-24/h4-9,12H,1-3H3,(H,18,21,22)/t12-/m0/s1. The molecule has 0 amide bonds. The average molecular weight is 351 g/mol. The van der Waals surface area contributed by atoms with Crippen molar-refractivity contribution in [3.63, 3.8) is 0 Å². The molecule has 25 heavy (non-hydrogen) atoms. The van der Waals surface area contributed by atoms with Crippen LogP contribution in [0.1, 0.15) is 30.0 Å². The van der Waals surface area contributed by atoms with Gasteiger partial charge in [-0.1, -0.05) is 11.3 Å². The molecule has 0 unspecified atom stereocenters. The van der Waals surface area contributed by atoms with Crippen LogP contribution in [0.25, 0.3) is 16.2 Å². The Bertz CT molecular complexity index is 1010. The van der Waals surface area contributed by atoms with Gasteiger partial charge in [-0.25, -0.2) is 19.5 Å². The van der Waals surface area contributed by atoms with Crippen molar-refractivity contribution in [2.24, 2.45) is 0 Å². The largest absolute Gasteiger partial charge is 0.346 e. The van der Waals surface area contributed by atoms with E-state index in [1.807, 2.05) is 45.2 Å². The van der Waals surface area contributed by atoms with Gasteiger partial charge in [0.2, 0.25) is 10.9 Å². The molecule has 4 aromatic rings. The van der Waals surface area contributed by atoms with E-state index in [0.717, 1.165) is 33.3 Å². The fourth-order valence-corrected chi connectivity index (χ4v) is 3.28. The van der Waals surface area contributed by atoms with Gasteiger partial charge in [-0.15, -0.1) is 0 Å². The predicted octanol–water partition coefficient (Wildman–Crippen LogP) is 3.43. The predicted molar refractivity (Wildman–Crippen MR) is 97.6 cm³/mol. The Kier molecular flexibility index (Phi) is 3.89. The van der Waals surface area contributed by atoms with E-state index in [0.29, 0.717) is 5.95 Å². The highest BCUT2D eigenvalue weighted by Gasteiger charge is 2.13. The van der Waals surface area contributed by atoms with Gasteiger partial charge in [0, 0.05) is 23.1 Å². The number of nitrogens with one attached hydrogen (secondary N) is 1. The van der Waals surface area contributed by atoms with Crippen LogP contribution in [0, 0.1) is 13.8 Å². The van der Waals surface area contributed by atoms with Crippen LogP contribution in [0.3, 0.4) is 0 Å². The van der Waals surface area contributed by atoms with E-state index in [9.17, 15) is 0 Å². The first-order chi connectivity index (χ1) is 12.1. The van der Waals surface area contributed by atoms with Gasteiger partial charge in [0.1, 0.15) is 5.51 Å². The molecule has 4 rings (SSSR count). The lowest BCUT2D eigenvalue weighted by atomic mass is 10.1. The van der Waals surface area contributed by atoms with Crippen molar-refractivity contribution in [3.8, 4) is 11.3 Å². The lowest BCUT2D eigenvalue weighted by molar-refractivity contribution is 0.828. The van der Waals surface area contributed by atoms with Gasteiger partial charge in [-0.05, 0) is 39.0 Å². The number of aromatic nitrogens is 6. The summed E-state index contributed by atoms with van der Waals surface area (Å²) in [5, 5.41) is 7.51. The second kappa shape index (κ2) is 6.21. The maximum absolute atomic E-state index is 4.63. The Hall–Kier alpha value is -2.87. The summed E-state index contributed by atoms with van der Waals surface area (Å²) in [5.41, 5.74) is 6.49. The van der Waals surface area contributed by atoms with Gasteiger partial charge < -0.3 is 5.32 Å². The minimum Gasteiger partial charge on any atom is -0.346 e. The van der Waals surface area contributed by atoms with Crippen LogP contribution in [0.5, 0.6) is 0 Å². The fraction of sp³-hybridized carbons (Fsp3) is 0.235. The Morgan fingerprint density at radius 1 is 1.12 bits per heavy atom. The quantitative estimate of drug-likeness (QED) is 0.607. The molecule has 4 heterocycles. The maximum Gasteiger partial charge on any atom is 0.223 e. The lowest BCUT2D eigenvalue weighted by Crippen LogP contribution is -2.10. The van der Waals surface area contributed by atoms with Gasteiger partial charge in [0.25, 0.3) is 0 Å². The minimum atomic E-state index is -0.0265. The molecule has 126 valence electrons. The second-order valence-corrected chi connectivity index (χ2v) is 6.66. The van der Waals surface area contributed by atoms with Crippen LogP contribution in [0.15, 0.2) is 36.1 Å². The van der Waals surface area contributed by atoms with Gasteiger partial charge in [-0.2, -0.15) is 5.10 Å². The molecule has 1 atom stereocenters. The molecule has 8 heteroatoms. The number of hydrogen-bond acceptors (Lipinski definition) is 7. The molecule has 4 aromatic heterocycles. The molecule has 0 saturated carbocycles. The van der Waals surface area contributed by atoms with Gasteiger partial charge in [0.15, 0.2) is 0 Å². The Morgan fingerprint density at radius 3 is 2.80 bits per heavy atom. The van der Waals surface area contributed by atoms with Crippen LogP contribution in [0.2, 0.25) is 0 Å². The first-order valence-corrected chi connectivity index (χ1v) is 8.81. The van der Waals surface area contributed by atoms with Crippen molar-refractivity contribution < 1.29 is 0 Å². The summed E-state index contributed by atoms with van der Waals surface area (Å²) in [5.74, 6) is 0.564. The molecular formula is C17H17N7S. The van der Waals surface area contributed by atoms with E-state index in [4.69, 9.17) is 0 Å². The van der Waals surface area contributed by atoms with Crippen molar-refractivity contribution in [2.45, 2.75) is 26.8 Å². The summed E-state index contributed by atoms with van der Waals surface area (Å²) < 4.78 is 1.77. The summed E-state index contributed by atoms with van der Waals surface area (Å²) in [7, 11) is 0. The number of rotatable bonds is 4. The zero-order chi connectivity index (χ0) is 17.4. The Morgan fingerprint density at radius 2 is 2.00 bits per heavy atom. The van der Waals surface area contributed by atoms with Crippen molar-refractivity contribution >= 4 is 22.2 Å². The molecule has 0 bridgehead atoms. The monoisotopic (exact) mass is 351 g/mol. The Labute approximate surface area is 148 Å². The molecule has 0 spiro atoms. The van der Waals surface area contributed by atoms with Gasteiger partial charge >= 0.3 is 0 Å². The second-order valence-electron chi connectivity index (χ2n) is 5.85. The topological polar surface area (TPSA) is 80.9 Å². The number of fused-ring (bicyclic) bond motifs is 1. The van der Waals surface area contributed by atoms with Crippen molar-refractivity contribution in [1.29, 1.82) is 0 Å².